The first-order valence-electron chi connectivity index (χ1n) is 6.55. The Kier molecular flexibility index (Phi) is 5.14. The summed E-state index contributed by atoms with van der Waals surface area (Å²) in [6, 6.07) is 0. The average molecular weight is 256 g/mol. The van der Waals surface area contributed by atoms with E-state index in [9.17, 15) is 14.7 Å². The van der Waals surface area contributed by atoms with Crippen LogP contribution in [-0.2, 0) is 9.59 Å². The van der Waals surface area contributed by atoms with Crippen molar-refractivity contribution in [3.8, 4) is 0 Å². The highest BCUT2D eigenvalue weighted by Crippen LogP contribution is 2.32. The Morgan fingerprint density at radius 1 is 1.33 bits per heavy atom. The summed E-state index contributed by atoms with van der Waals surface area (Å²) in [5.74, 6) is -0.510. The fourth-order valence-corrected chi connectivity index (χ4v) is 2.30. The molecular weight excluding hydrogens is 232 g/mol. The molecule has 1 saturated carbocycles. The van der Waals surface area contributed by atoms with Gasteiger partial charge in [0.1, 0.15) is 5.54 Å². The molecule has 0 atom stereocenters. The van der Waals surface area contributed by atoms with E-state index in [1.165, 1.54) is 0 Å². The summed E-state index contributed by atoms with van der Waals surface area (Å²) in [6.07, 6.45) is 3.15. The Hall–Kier alpha value is -1.10. The Morgan fingerprint density at radius 2 is 1.89 bits per heavy atom. The second-order valence-electron chi connectivity index (χ2n) is 5.67. The minimum Gasteiger partial charge on any atom is -0.480 e. The molecule has 5 nitrogen and oxygen atoms in total. The van der Waals surface area contributed by atoms with E-state index < -0.39 is 11.5 Å². The molecule has 0 spiro atoms. The van der Waals surface area contributed by atoms with E-state index in [-0.39, 0.29) is 5.91 Å². The van der Waals surface area contributed by atoms with Crippen molar-refractivity contribution >= 4 is 11.9 Å². The Balaban J connectivity index is 2.58. The molecule has 5 heteroatoms. The number of carboxylic acid groups (broad SMARTS) is 1. The summed E-state index contributed by atoms with van der Waals surface area (Å²) >= 11 is 0. The van der Waals surface area contributed by atoms with Crippen molar-refractivity contribution in [2.75, 3.05) is 20.6 Å². The van der Waals surface area contributed by atoms with Crippen LogP contribution in [0.2, 0.25) is 0 Å². The average Bonchev–Trinajstić information content (AvgIpc) is 2.29. The molecule has 0 heterocycles. The molecular formula is C13H24N2O3. The molecule has 0 aliphatic heterocycles. The van der Waals surface area contributed by atoms with Crippen LogP contribution in [0.25, 0.3) is 0 Å². The van der Waals surface area contributed by atoms with E-state index in [0.29, 0.717) is 31.7 Å². The van der Waals surface area contributed by atoms with Crippen LogP contribution in [0.5, 0.6) is 0 Å². The number of rotatable bonds is 5. The van der Waals surface area contributed by atoms with Crippen LogP contribution in [0.1, 0.15) is 39.0 Å². The zero-order valence-electron chi connectivity index (χ0n) is 11.5. The minimum absolute atomic E-state index is 0.166. The highest BCUT2D eigenvalue weighted by molar-refractivity contribution is 5.87. The number of carbonyl (C=O) groups excluding carboxylic acids is 1. The van der Waals surface area contributed by atoms with Gasteiger partial charge in [0, 0.05) is 13.0 Å². The van der Waals surface area contributed by atoms with Crippen LogP contribution in [0.4, 0.5) is 0 Å². The lowest BCUT2D eigenvalue weighted by atomic mass is 9.77. The van der Waals surface area contributed by atoms with E-state index in [2.05, 4.69) is 12.2 Å². The van der Waals surface area contributed by atoms with Gasteiger partial charge in [0.05, 0.1) is 0 Å². The summed E-state index contributed by atoms with van der Waals surface area (Å²) in [5, 5.41) is 12.1. The van der Waals surface area contributed by atoms with E-state index in [4.69, 9.17) is 0 Å². The van der Waals surface area contributed by atoms with Gasteiger partial charge in [-0.05, 0) is 45.7 Å². The first-order chi connectivity index (χ1) is 8.35. The molecule has 0 aromatic rings. The summed E-state index contributed by atoms with van der Waals surface area (Å²) in [4.78, 5) is 25.1. The van der Waals surface area contributed by atoms with Crippen molar-refractivity contribution in [2.24, 2.45) is 5.92 Å². The molecule has 1 aliphatic carbocycles. The molecule has 1 rings (SSSR count). The highest BCUT2D eigenvalue weighted by Gasteiger charge is 2.42. The third-order valence-corrected chi connectivity index (χ3v) is 3.70. The van der Waals surface area contributed by atoms with Crippen LogP contribution < -0.4 is 5.32 Å². The van der Waals surface area contributed by atoms with Gasteiger partial charge in [-0.2, -0.15) is 0 Å². The molecule has 0 aromatic carbocycles. The van der Waals surface area contributed by atoms with Gasteiger partial charge in [-0.25, -0.2) is 4.79 Å². The van der Waals surface area contributed by atoms with Gasteiger partial charge in [0.15, 0.2) is 0 Å². The molecule has 2 N–H and O–H groups in total. The van der Waals surface area contributed by atoms with Crippen LogP contribution in [-0.4, -0.2) is 48.1 Å². The van der Waals surface area contributed by atoms with Crippen LogP contribution in [0, 0.1) is 5.92 Å². The number of nitrogens with one attached hydrogen (secondary N) is 1. The Morgan fingerprint density at radius 3 is 2.33 bits per heavy atom. The molecule has 1 aliphatic rings. The fourth-order valence-electron chi connectivity index (χ4n) is 2.30. The number of hydrogen-bond donors (Lipinski definition) is 2. The molecule has 0 saturated heterocycles. The molecule has 0 radical (unpaired) electrons. The standard InChI is InChI=1S/C13H24N2O3/c1-10-4-7-13(8-5-10,12(17)18)14-11(16)6-9-15(2)3/h10H,4-9H2,1-3H3,(H,14,16)(H,17,18). The Labute approximate surface area is 109 Å². The maximum Gasteiger partial charge on any atom is 0.329 e. The maximum absolute atomic E-state index is 11.8. The van der Waals surface area contributed by atoms with Gasteiger partial charge in [0.2, 0.25) is 5.91 Å². The lowest BCUT2D eigenvalue weighted by molar-refractivity contribution is -0.149. The molecule has 0 unspecified atom stereocenters. The van der Waals surface area contributed by atoms with Gasteiger partial charge < -0.3 is 15.3 Å². The second-order valence-corrected chi connectivity index (χ2v) is 5.67. The van der Waals surface area contributed by atoms with Gasteiger partial charge in [-0.3, -0.25) is 4.79 Å². The van der Waals surface area contributed by atoms with E-state index in [0.717, 1.165) is 12.8 Å². The van der Waals surface area contributed by atoms with Crippen molar-refractivity contribution in [3.63, 3.8) is 0 Å². The second kappa shape index (κ2) is 6.18. The predicted molar refractivity (Wildman–Crippen MR) is 69.3 cm³/mol. The first kappa shape index (κ1) is 15.0. The van der Waals surface area contributed by atoms with E-state index in [1.54, 1.807) is 0 Å². The molecule has 1 fully saturated rings. The maximum atomic E-state index is 11.8. The molecule has 1 amide bonds. The lowest BCUT2D eigenvalue weighted by Gasteiger charge is -2.36. The predicted octanol–water partition coefficient (Wildman–Crippen LogP) is 1.09. The SMILES string of the molecule is CC1CCC(NC(=O)CCN(C)C)(C(=O)O)CC1. The van der Waals surface area contributed by atoms with Crippen LogP contribution >= 0.6 is 0 Å². The number of carboxylic acids is 1. The number of nitrogens with zero attached hydrogens (tertiary/aromatic N) is 1. The highest BCUT2D eigenvalue weighted by atomic mass is 16.4. The summed E-state index contributed by atoms with van der Waals surface area (Å²) in [5.41, 5.74) is -1.03. The van der Waals surface area contributed by atoms with Gasteiger partial charge >= 0.3 is 5.97 Å². The molecule has 0 aromatic heterocycles. The van der Waals surface area contributed by atoms with Gasteiger partial charge in [-0.1, -0.05) is 6.92 Å². The number of aliphatic carboxylic acids is 1. The van der Waals surface area contributed by atoms with Gasteiger partial charge in [-0.15, -0.1) is 0 Å². The summed E-state index contributed by atoms with van der Waals surface area (Å²) in [6.45, 7) is 2.76. The molecule has 104 valence electrons. The Bertz CT molecular complexity index is 307. The van der Waals surface area contributed by atoms with Crippen LogP contribution in [0.15, 0.2) is 0 Å². The monoisotopic (exact) mass is 256 g/mol. The number of carbonyl (C=O) groups is 2. The zero-order valence-corrected chi connectivity index (χ0v) is 11.5. The third-order valence-electron chi connectivity index (χ3n) is 3.70. The van der Waals surface area contributed by atoms with Crippen LogP contribution in [0.3, 0.4) is 0 Å². The first-order valence-corrected chi connectivity index (χ1v) is 6.55. The summed E-state index contributed by atoms with van der Waals surface area (Å²) < 4.78 is 0. The largest absolute Gasteiger partial charge is 0.480 e. The van der Waals surface area contributed by atoms with Crippen molar-refractivity contribution < 1.29 is 14.7 Å². The molecule has 0 bridgehead atoms. The topological polar surface area (TPSA) is 69.6 Å². The van der Waals surface area contributed by atoms with Crippen molar-refractivity contribution in [1.29, 1.82) is 0 Å². The van der Waals surface area contributed by atoms with Crippen molar-refractivity contribution in [3.05, 3.63) is 0 Å². The van der Waals surface area contributed by atoms with E-state index in [1.807, 2.05) is 19.0 Å². The fraction of sp³-hybridized carbons (Fsp3) is 0.846. The quantitative estimate of drug-likeness (QED) is 0.772. The normalized spacial score (nSPS) is 28.1. The lowest BCUT2D eigenvalue weighted by Crippen LogP contribution is -2.56. The minimum atomic E-state index is -1.03. The van der Waals surface area contributed by atoms with Crippen molar-refractivity contribution in [1.82, 2.24) is 10.2 Å². The van der Waals surface area contributed by atoms with E-state index >= 15 is 0 Å². The van der Waals surface area contributed by atoms with Crippen molar-refractivity contribution in [2.45, 2.75) is 44.6 Å². The zero-order chi connectivity index (χ0) is 13.8. The smallest absolute Gasteiger partial charge is 0.329 e. The third kappa shape index (κ3) is 3.98. The summed E-state index contributed by atoms with van der Waals surface area (Å²) in [7, 11) is 3.78. The number of amides is 1. The van der Waals surface area contributed by atoms with Gasteiger partial charge in [0.25, 0.3) is 0 Å². The number of hydrogen-bond acceptors (Lipinski definition) is 3. The molecule has 18 heavy (non-hydrogen) atoms.